The highest BCUT2D eigenvalue weighted by atomic mass is 16.5. The zero-order valence-corrected chi connectivity index (χ0v) is 8.47. The number of hydrogen-bond donors (Lipinski definition) is 0. The van der Waals surface area contributed by atoms with Gasteiger partial charge in [-0.2, -0.15) is 0 Å². The van der Waals surface area contributed by atoms with Gasteiger partial charge in [0.15, 0.2) is 0 Å². The number of fused-ring (bicyclic) bond motifs is 2. The average Bonchev–Trinajstić information content (AvgIpc) is 2.25. The van der Waals surface area contributed by atoms with Crippen LogP contribution in [-0.2, 0) is 4.74 Å². The molecule has 1 saturated heterocycles. The first-order valence-electron chi connectivity index (χ1n) is 5.23. The van der Waals surface area contributed by atoms with E-state index in [9.17, 15) is 0 Å². The zero-order valence-electron chi connectivity index (χ0n) is 8.47. The third kappa shape index (κ3) is 1.39. The van der Waals surface area contributed by atoms with Crippen LogP contribution >= 0.6 is 0 Å². The normalized spacial score (nSPS) is 41.8. The highest BCUT2D eigenvalue weighted by molar-refractivity contribution is 4.92. The first kappa shape index (κ1) is 8.55. The molecule has 0 radical (unpaired) electrons. The summed E-state index contributed by atoms with van der Waals surface area (Å²) in [6.07, 6.45) is 6.57. The summed E-state index contributed by atoms with van der Waals surface area (Å²) in [5, 5.41) is 0. The molecule has 1 aliphatic heterocycles. The Kier molecular flexibility index (Phi) is 1.95. The Morgan fingerprint density at radius 1 is 1.17 bits per heavy atom. The molecule has 2 rings (SSSR count). The van der Waals surface area contributed by atoms with Gasteiger partial charge in [-0.1, -0.05) is 27.2 Å². The third-order valence-corrected chi connectivity index (χ3v) is 3.29. The molecular weight excluding hydrogens is 148 g/mol. The van der Waals surface area contributed by atoms with Crippen LogP contribution in [0.25, 0.3) is 0 Å². The van der Waals surface area contributed by atoms with Crippen LogP contribution in [0.4, 0.5) is 0 Å². The van der Waals surface area contributed by atoms with Crippen molar-refractivity contribution in [3.8, 4) is 0 Å². The maximum atomic E-state index is 6.05. The van der Waals surface area contributed by atoms with Crippen LogP contribution in [0, 0.1) is 11.3 Å². The van der Waals surface area contributed by atoms with Crippen molar-refractivity contribution >= 4 is 0 Å². The first-order valence-corrected chi connectivity index (χ1v) is 5.23. The Morgan fingerprint density at radius 3 is 2.50 bits per heavy atom. The molecule has 3 unspecified atom stereocenters. The molecule has 1 saturated carbocycles. The van der Waals surface area contributed by atoms with Crippen LogP contribution in [0.1, 0.15) is 46.5 Å². The highest BCUT2D eigenvalue weighted by Gasteiger charge is 2.43. The van der Waals surface area contributed by atoms with Crippen LogP contribution in [0.15, 0.2) is 0 Å². The second-order valence-corrected chi connectivity index (χ2v) is 5.47. The van der Waals surface area contributed by atoms with E-state index < -0.39 is 0 Å². The Morgan fingerprint density at radius 2 is 1.92 bits per heavy atom. The second kappa shape index (κ2) is 2.73. The molecule has 1 aliphatic carbocycles. The number of rotatable bonds is 0. The monoisotopic (exact) mass is 168 g/mol. The minimum Gasteiger partial charge on any atom is -0.374 e. The van der Waals surface area contributed by atoms with E-state index in [1.165, 1.54) is 25.7 Å². The lowest BCUT2D eigenvalue weighted by Crippen LogP contribution is -2.31. The van der Waals surface area contributed by atoms with E-state index >= 15 is 0 Å². The van der Waals surface area contributed by atoms with Gasteiger partial charge in [0.25, 0.3) is 0 Å². The van der Waals surface area contributed by atoms with E-state index in [4.69, 9.17) is 4.74 Å². The molecule has 2 bridgehead atoms. The van der Waals surface area contributed by atoms with Crippen molar-refractivity contribution in [1.29, 1.82) is 0 Å². The van der Waals surface area contributed by atoms with Gasteiger partial charge in [-0.05, 0) is 30.6 Å². The quantitative estimate of drug-likeness (QED) is 0.540. The van der Waals surface area contributed by atoms with Crippen molar-refractivity contribution in [3.05, 3.63) is 0 Å². The molecule has 1 heterocycles. The van der Waals surface area contributed by atoms with Crippen LogP contribution < -0.4 is 0 Å². The van der Waals surface area contributed by atoms with Gasteiger partial charge in [-0.15, -0.1) is 0 Å². The maximum Gasteiger partial charge on any atom is 0.0656 e. The van der Waals surface area contributed by atoms with Crippen molar-refractivity contribution in [2.24, 2.45) is 11.3 Å². The van der Waals surface area contributed by atoms with Crippen molar-refractivity contribution in [3.63, 3.8) is 0 Å². The lowest BCUT2D eigenvalue weighted by atomic mass is 9.77. The largest absolute Gasteiger partial charge is 0.374 e. The van der Waals surface area contributed by atoms with Gasteiger partial charge in [-0.3, -0.25) is 0 Å². The Balaban J connectivity index is 2.09. The summed E-state index contributed by atoms with van der Waals surface area (Å²) in [6.45, 7) is 6.91. The van der Waals surface area contributed by atoms with E-state index in [-0.39, 0.29) is 0 Å². The Labute approximate surface area is 75.5 Å². The Bertz CT molecular complexity index is 168. The van der Waals surface area contributed by atoms with E-state index in [2.05, 4.69) is 20.8 Å². The fraction of sp³-hybridized carbons (Fsp3) is 1.00. The van der Waals surface area contributed by atoms with Gasteiger partial charge in [0.1, 0.15) is 0 Å². The summed E-state index contributed by atoms with van der Waals surface area (Å²) in [5.74, 6) is 0.865. The van der Waals surface area contributed by atoms with E-state index in [1.54, 1.807) is 0 Å². The Hall–Kier alpha value is -0.0400. The summed E-state index contributed by atoms with van der Waals surface area (Å²) in [7, 11) is 0. The SMILES string of the molecule is CC(C)(C)C1OC2CCCC1C2. The molecule has 2 fully saturated rings. The van der Waals surface area contributed by atoms with E-state index in [0.29, 0.717) is 17.6 Å². The number of hydrogen-bond acceptors (Lipinski definition) is 1. The molecule has 0 N–H and O–H groups in total. The molecule has 12 heavy (non-hydrogen) atoms. The van der Waals surface area contributed by atoms with Crippen molar-refractivity contribution in [1.82, 2.24) is 0 Å². The lowest BCUT2D eigenvalue weighted by Gasteiger charge is -2.30. The van der Waals surface area contributed by atoms with Crippen molar-refractivity contribution in [2.45, 2.75) is 58.7 Å². The summed E-state index contributed by atoms with van der Waals surface area (Å²) < 4.78 is 6.05. The summed E-state index contributed by atoms with van der Waals surface area (Å²) in [5.41, 5.74) is 0.351. The fourth-order valence-corrected chi connectivity index (χ4v) is 2.81. The van der Waals surface area contributed by atoms with Gasteiger partial charge < -0.3 is 4.74 Å². The van der Waals surface area contributed by atoms with Crippen LogP contribution in [0.2, 0.25) is 0 Å². The van der Waals surface area contributed by atoms with Crippen LogP contribution in [0.5, 0.6) is 0 Å². The predicted molar refractivity (Wildman–Crippen MR) is 50.1 cm³/mol. The minimum absolute atomic E-state index is 0.351. The van der Waals surface area contributed by atoms with Gasteiger partial charge in [0.2, 0.25) is 0 Å². The summed E-state index contributed by atoms with van der Waals surface area (Å²) in [4.78, 5) is 0. The molecule has 2 aliphatic rings. The molecule has 1 nitrogen and oxygen atoms in total. The van der Waals surface area contributed by atoms with Gasteiger partial charge >= 0.3 is 0 Å². The average molecular weight is 168 g/mol. The van der Waals surface area contributed by atoms with Gasteiger partial charge in [-0.25, -0.2) is 0 Å². The van der Waals surface area contributed by atoms with Crippen molar-refractivity contribution in [2.75, 3.05) is 0 Å². The third-order valence-electron chi connectivity index (χ3n) is 3.29. The van der Waals surface area contributed by atoms with E-state index in [0.717, 1.165) is 5.92 Å². The predicted octanol–water partition coefficient (Wildman–Crippen LogP) is 2.99. The van der Waals surface area contributed by atoms with E-state index in [1.807, 2.05) is 0 Å². The van der Waals surface area contributed by atoms with Gasteiger partial charge in [0, 0.05) is 0 Å². The van der Waals surface area contributed by atoms with Crippen LogP contribution in [-0.4, -0.2) is 12.2 Å². The molecule has 1 heteroatoms. The standard InChI is InChI=1S/C11H20O/c1-11(2,3)10-8-5-4-6-9(7-8)12-10/h8-10H,4-7H2,1-3H3. The maximum absolute atomic E-state index is 6.05. The lowest BCUT2D eigenvalue weighted by molar-refractivity contribution is -0.0225. The smallest absolute Gasteiger partial charge is 0.0656 e. The molecule has 70 valence electrons. The summed E-state index contributed by atoms with van der Waals surface area (Å²) in [6, 6.07) is 0. The van der Waals surface area contributed by atoms with Crippen molar-refractivity contribution < 1.29 is 4.74 Å². The van der Waals surface area contributed by atoms with Gasteiger partial charge in [0.05, 0.1) is 12.2 Å². The molecule has 3 atom stereocenters. The molecule has 0 aromatic rings. The minimum atomic E-state index is 0.351. The molecule has 0 aromatic heterocycles. The molecule has 0 spiro atoms. The molecule has 0 aromatic carbocycles. The molecule has 0 amide bonds. The summed E-state index contributed by atoms with van der Waals surface area (Å²) >= 11 is 0. The topological polar surface area (TPSA) is 9.23 Å². The highest BCUT2D eigenvalue weighted by Crippen LogP contribution is 2.44. The first-order chi connectivity index (χ1) is 5.57. The van der Waals surface area contributed by atoms with Crippen LogP contribution in [0.3, 0.4) is 0 Å². The number of ether oxygens (including phenoxy) is 1. The second-order valence-electron chi connectivity index (χ2n) is 5.47. The fourth-order valence-electron chi connectivity index (χ4n) is 2.81. The molecular formula is C11H20O. The zero-order chi connectivity index (χ0) is 8.77.